The minimum Gasteiger partial charge on any atom is -0.444 e. The Morgan fingerprint density at radius 1 is 1.32 bits per heavy atom. The molecule has 1 heterocycles. The number of rotatable bonds is 5. The summed E-state index contributed by atoms with van der Waals surface area (Å²) in [6, 6.07) is 6.60. The molecule has 0 unspecified atom stereocenters. The SMILES string of the molecule is CC(C)(C)OC(=O)Nc1ccc(F)c(NCc2ccc([N+](=O)[O-])o2)c1. The van der Waals surface area contributed by atoms with Crippen molar-refractivity contribution in [2.24, 2.45) is 0 Å². The van der Waals surface area contributed by atoms with E-state index in [1.807, 2.05) is 0 Å². The van der Waals surface area contributed by atoms with E-state index in [9.17, 15) is 19.3 Å². The van der Waals surface area contributed by atoms with Crippen molar-refractivity contribution in [3.8, 4) is 0 Å². The Kier molecular flexibility index (Phi) is 5.26. The lowest BCUT2D eigenvalue weighted by atomic mass is 10.2. The highest BCUT2D eigenvalue weighted by atomic mass is 19.1. The van der Waals surface area contributed by atoms with Crippen LogP contribution in [0, 0.1) is 15.9 Å². The number of nitrogens with one attached hydrogen (secondary N) is 2. The summed E-state index contributed by atoms with van der Waals surface area (Å²) < 4.78 is 24.0. The number of halogens is 1. The Bertz CT molecular complexity index is 782. The van der Waals surface area contributed by atoms with Gasteiger partial charge < -0.3 is 14.5 Å². The van der Waals surface area contributed by atoms with Gasteiger partial charge in [0.25, 0.3) is 0 Å². The van der Waals surface area contributed by atoms with E-state index in [2.05, 4.69) is 10.6 Å². The lowest BCUT2D eigenvalue weighted by Crippen LogP contribution is -2.27. The molecule has 0 saturated carbocycles. The molecule has 134 valence electrons. The standard InChI is InChI=1S/C16H18FN3O5/c1-16(2,3)25-15(21)19-10-4-6-12(17)13(8-10)18-9-11-5-7-14(24-11)20(22)23/h4-8,18H,9H2,1-3H3,(H,19,21). The monoisotopic (exact) mass is 351 g/mol. The summed E-state index contributed by atoms with van der Waals surface area (Å²) >= 11 is 0. The third kappa shape index (κ3) is 5.48. The molecular weight excluding hydrogens is 333 g/mol. The second-order valence-corrected chi connectivity index (χ2v) is 6.17. The van der Waals surface area contributed by atoms with Crippen LogP contribution >= 0.6 is 0 Å². The number of anilines is 2. The Morgan fingerprint density at radius 2 is 2.04 bits per heavy atom. The maximum Gasteiger partial charge on any atom is 0.433 e. The van der Waals surface area contributed by atoms with Crippen LogP contribution in [0.5, 0.6) is 0 Å². The summed E-state index contributed by atoms with van der Waals surface area (Å²) in [6.07, 6.45) is -0.660. The molecule has 2 aromatic rings. The van der Waals surface area contributed by atoms with Crippen molar-refractivity contribution in [3.63, 3.8) is 0 Å². The molecule has 0 saturated heterocycles. The van der Waals surface area contributed by atoms with Gasteiger partial charge in [-0.3, -0.25) is 15.4 Å². The third-order valence-corrected chi connectivity index (χ3v) is 2.89. The zero-order valence-electron chi connectivity index (χ0n) is 14.0. The Labute approximate surface area is 143 Å². The molecule has 0 aliphatic rings. The van der Waals surface area contributed by atoms with Gasteiger partial charge in [0.1, 0.15) is 22.1 Å². The summed E-state index contributed by atoms with van der Waals surface area (Å²) in [5.74, 6) is -0.662. The summed E-state index contributed by atoms with van der Waals surface area (Å²) in [6.45, 7) is 5.23. The van der Waals surface area contributed by atoms with E-state index in [1.54, 1.807) is 20.8 Å². The van der Waals surface area contributed by atoms with Crippen LogP contribution in [0.4, 0.5) is 26.4 Å². The van der Waals surface area contributed by atoms with E-state index in [0.29, 0.717) is 5.69 Å². The van der Waals surface area contributed by atoms with Gasteiger partial charge in [-0.1, -0.05) is 0 Å². The number of benzene rings is 1. The fraction of sp³-hybridized carbons (Fsp3) is 0.312. The first kappa shape index (κ1) is 18.2. The molecule has 0 bridgehead atoms. The predicted molar refractivity (Wildman–Crippen MR) is 88.9 cm³/mol. The lowest BCUT2D eigenvalue weighted by Gasteiger charge is -2.20. The summed E-state index contributed by atoms with van der Waals surface area (Å²) in [4.78, 5) is 21.7. The number of ether oxygens (including phenoxy) is 1. The smallest absolute Gasteiger partial charge is 0.433 e. The average Bonchev–Trinajstić information content (AvgIpc) is 2.95. The summed E-state index contributed by atoms with van der Waals surface area (Å²) in [5.41, 5.74) is -0.213. The first-order chi connectivity index (χ1) is 11.6. The molecule has 0 aliphatic heterocycles. The van der Waals surface area contributed by atoms with Gasteiger partial charge >= 0.3 is 12.0 Å². The van der Waals surface area contributed by atoms with E-state index in [-0.39, 0.29) is 18.0 Å². The summed E-state index contributed by atoms with van der Waals surface area (Å²) in [5, 5.41) is 15.8. The van der Waals surface area contributed by atoms with E-state index < -0.39 is 28.3 Å². The van der Waals surface area contributed by atoms with Gasteiger partial charge in [0.05, 0.1) is 18.3 Å². The van der Waals surface area contributed by atoms with Crippen LogP contribution in [0.3, 0.4) is 0 Å². The summed E-state index contributed by atoms with van der Waals surface area (Å²) in [7, 11) is 0. The maximum atomic E-state index is 13.9. The van der Waals surface area contributed by atoms with Crippen LogP contribution in [0.25, 0.3) is 0 Å². The first-order valence-electron chi connectivity index (χ1n) is 7.40. The van der Waals surface area contributed by atoms with E-state index >= 15 is 0 Å². The maximum absolute atomic E-state index is 13.9. The van der Waals surface area contributed by atoms with Crippen molar-refractivity contribution in [1.29, 1.82) is 0 Å². The van der Waals surface area contributed by atoms with Crippen LogP contribution in [0.15, 0.2) is 34.7 Å². The molecule has 0 aliphatic carbocycles. The molecule has 0 fully saturated rings. The van der Waals surface area contributed by atoms with Gasteiger partial charge in [-0.25, -0.2) is 9.18 Å². The highest BCUT2D eigenvalue weighted by Gasteiger charge is 2.17. The quantitative estimate of drug-likeness (QED) is 0.615. The first-order valence-corrected chi connectivity index (χ1v) is 7.40. The molecule has 1 aromatic carbocycles. The van der Waals surface area contributed by atoms with E-state index in [1.165, 1.54) is 30.3 Å². The number of nitro groups is 1. The second-order valence-electron chi connectivity index (χ2n) is 6.17. The zero-order valence-corrected chi connectivity index (χ0v) is 14.0. The molecule has 1 amide bonds. The molecule has 9 heteroatoms. The van der Waals surface area contributed by atoms with Gasteiger partial charge in [0.15, 0.2) is 0 Å². The van der Waals surface area contributed by atoms with Crippen LogP contribution in [0.1, 0.15) is 26.5 Å². The van der Waals surface area contributed by atoms with Gasteiger partial charge in [-0.05, 0) is 45.0 Å². The zero-order chi connectivity index (χ0) is 18.6. The van der Waals surface area contributed by atoms with Gasteiger partial charge in [0.2, 0.25) is 0 Å². The Balaban J connectivity index is 2.03. The second kappa shape index (κ2) is 7.20. The molecule has 0 atom stereocenters. The molecule has 1 aromatic heterocycles. The fourth-order valence-electron chi connectivity index (χ4n) is 1.90. The molecule has 0 spiro atoms. The lowest BCUT2D eigenvalue weighted by molar-refractivity contribution is -0.402. The Morgan fingerprint density at radius 3 is 2.64 bits per heavy atom. The minimum atomic E-state index is -0.660. The number of carbonyl (C=O) groups excluding carboxylic acids is 1. The molecule has 25 heavy (non-hydrogen) atoms. The third-order valence-electron chi connectivity index (χ3n) is 2.89. The molecule has 2 rings (SSSR count). The average molecular weight is 351 g/mol. The highest BCUT2D eigenvalue weighted by Crippen LogP contribution is 2.22. The van der Waals surface area contributed by atoms with Crippen molar-refractivity contribution in [1.82, 2.24) is 0 Å². The highest BCUT2D eigenvalue weighted by molar-refractivity contribution is 5.85. The van der Waals surface area contributed by atoms with Gasteiger partial charge in [-0.15, -0.1) is 0 Å². The van der Waals surface area contributed by atoms with Crippen molar-refractivity contribution in [2.45, 2.75) is 32.9 Å². The largest absolute Gasteiger partial charge is 0.444 e. The number of hydrogen-bond donors (Lipinski definition) is 2. The number of carbonyl (C=O) groups is 1. The van der Waals surface area contributed by atoms with E-state index in [0.717, 1.165) is 0 Å². The van der Waals surface area contributed by atoms with Gasteiger partial charge in [0, 0.05) is 5.69 Å². The minimum absolute atomic E-state index is 0.0423. The van der Waals surface area contributed by atoms with Crippen LogP contribution in [0.2, 0.25) is 0 Å². The van der Waals surface area contributed by atoms with Crippen molar-refractivity contribution in [2.75, 3.05) is 10.6 Å². The van der Waals surface area contributed by atoms with Crippen LogP contribution in [-0.4, -0.2) is 16.6 Å². The topological polar surface area (TPSA) is 107 Å². The molecule has 0 radical (unpaired) electrons. The molecule has 2 N–H and O–H groups in total. The normalized spacial score (nSPS) is 11.0. The fourth-order valence-corrected chi connectivity index (χ4v) is 1.90. The molecule has 8 nitrogen and oxygen atoms in total. The van der Waals surface area contributed by atoms with Gasteiger partial charge in [-0.2, -0.15) is 0 Å². The number of hydrogen-bond acceptors (Lipinski definition) is 6. The number of amides is 1. The number of nitrogens with zero attached hydrogens (tertiary/aromatic N) is 1. The molecular formula is C16H18FN3O5. The van der Waals surface area contributed by atoms with Crippen molar-refractivity contribution < 1.29 is 23.3 Å². The van der Waals surface area contributed by atoms with Crippen LogP contribution in [-0.2, 0) is 11.3 Å². The van der Waals surface area contributed by atoms with Crippen molar-refractivity contribution >= 4 is 23.4 Å². The van der Waals surface area contributed by atoms with Crippen molar-refractivity contribution in [3.05, 3.63) is 52.0 Å². The Hall–Kier alpha value is -3.10. The predicted octanol–water partition coefficient (Wildman–Crippen LogP) is 4.29. The van der Waals surface area contributed by atoms with E-state index in [4.69, 9.17) is 9.15 Å². The van der Waals surface area contributed by atoms with Crippen LogP contribution < -0.4 is 10.6 Å². The number of furan rings is 1.